The number of nitrogens with zero attached hydrogens (tertiary/aromatic N) is 4. The molecule has 2 aliphatic heterocycles. The molecule has 1 N–H and O–H groups in total. The van der Waals surface area contributed by atoms with E-state index in [1.807, 2.05) is 82.9 Å². The molecule has 11 heteroatoms. The predicted molar refractivity (Wildman–Crippen MR) is 227 cm³/mol. The third kappa shape index (κ3) is 7.88. The molecule has 7 aromatic rings. The molecule has 0 saturated carbocycles. The van der Waals surface area contributed by atoms with Crippen molar-refractivity contribution >= 4 is 40.4 Å². The summed E-state index contributed by atoms with van der Waals surface area (Å²) in [5, 5.41) is 4.80. The van der Waals surface area contributed by atoms with Crippen LogP contribution in [0.5, 0.6) is 0 Å². The molecule has 9 rings (SSSR count). The highest BCUT2D eigenvalue weighted by Gasteiger charge is 2.37. The molecule has 0 bridgehead atoms. The van der Waals surface area contributed by atoms with Gasteiger partial charge in [0, 0.05) is 25.5 Å². The van der Waals surface area contributed by atoms with Crippen molar-refractivity contribution in [2.24, 2.45) is 0 Å². The van der Waals surface area contributed by atoms with E-state index in [1.54, 1.807) is 34.8 Å². The zero-order chi connectivity index (χ0) is 39.4. The van der Waals surface area contributed by atoms with Crippen molar-refractivity contribution in [1.82, 2.24) is 25.1 Å². The molecule has 0 unspecified atom stereocenters. The lowest BCUT2D eigenvalue weighted by Crippen LogP contribution is -2.42. The fourth-order valence-electron chi connectivity index (χ4n) is 7.99. The summed E-state index contributed by atoms with van der Waals surface area (Å²) in [4.78, 5) is 56.0. The van der Waals surface area contributed by atoms with Crippen LogP contribution in [0.3, 0.4) is 0 Å². The van der Waals surface area contributed by atoms with E-state index in [2.05, 4.69) is 53.8 Å². The molecule has 9 nitrogen and oxygen atoms in total. The number of likely N-dealkylation sites (tertiary alicyclic amines) is 2. The molecule has 0 aliphatic carbocycles. The van der Waals surface area contributed by atoms with Crippen LogP contribution in [0.15, 0.2) is 144 Å². The van der Waals surface area contributed by atoms with Crippen LogP contribution in [-0.2, 0) is 16.0 Å². The highest BCUT2D eigenvalue weighted by Crippen LogP contribution is 2.40. The molecule has 4 aromatic carbocycles. The van der Waals surface area contributed by atoms with E-state index in [1.165, 1.54) is 6.26 Å². The lowest BCUT2D eigenvalue weighted by molar-refractivity contribution is -0.134. The summed E-state index contributed by atoms with van der Waals surface area (Å²) in [6.45, 7) is 1.36. The number of carbonyl (C=O) groups excluding carboxylic acids is 3. The number of hydrogen-bond donors (Lipinski definition) is 1. The van der Waals surface area contributed by atoms with Crippen molar-refractivity contribution in [3.8, 4) is 32.0 Å². The first-order valence-electron chi connectivity index (χ1n) is 19.6. The van der Waals surface area contributed by atoms with Crippen LogP contribution in [0.1, 0.15) is 75.5 Å². The van der Waals surface area contributed by atoms with Crippen molar-refractivity contribution < 1.29 is 18.8 Å². The molecule has 290 valence electrons. The minimum atomic E-state index is -0.856. The van der Waals surface area contributed by atoms with Crippen molar-refractivity contribution in [3.63, 3.8) is 0 Å². The standard InChI is InChI=1S/C47H41N5O4S2/c53-42(28-31-10-3-1-4-11-31)51-25-7-14-37(51)45-48-29-40(57-45)34-21-17-32(18-22-34)33-19-23-35(24-20-33)41-30-49-46(58-41)38-15-8-26-52(38)47(55)43(36-12-5-2-6-13-36)50-44(54)39-16-9-27-56-39/h1-6,9-13,16-24,27,29-30,37-38,43H,7-8,14-15,25-26,28H2,(H,50,54)/t37-,38-,43+/m0/s1. The first-order valence-corrected chi connectivity index (χ1v) is 21.3. The number of amides is 3. The Morgan fingerprint density at radius 1 is 0.655 bits per heavy atom. The number of furan rings is 1. The van der Waals surface area contributed by atoms with E-state index in [-0.39, 0.29) is 29.7 Å². The van der Waals surface area contributed by atoms with Crippen molar-refractivity contribution in [3.05, 3.63) is 167 Å². The maximum atomic E-state index is 14.2. The number of benzene rings is 4. The van der Waals surface area contributed by atoms with Gasteiger partial charge < -0.3 is 19.5 Å². The molecule has 2 aliphatic rings. The van der Waals surface area contributed by atoms with E-state index in [0.29, 0.717) is 18.5 Å². The summed E-state index contributed by atoms with van der Waals surface area (Å²) in [5.41, 5.74) is 6.15. The smallest absolute Gasteiger partial charge is 0.287 e. The van der Waals surface area contributed by atoms with E-state index in [9.17, 15) is 14.4 Å². The largest absolute Gasteiger partial charge is 0.459 e. The topological polar surface area (TPSA) is 109 Å². The molecule has 3 amide bonds. The second-order valence-electron chi connectivity index (χ2n) is 14.7. The van der Waals surface area contributed by atoms with Crippen LogP contribution in [0.4, 0.5) is 0 Å². The average Bonchev–Trinajstić information content (AvgIpc) is 4.13. The summed E-state index contributed by atoms with van der Waals surface area (Å²) in [6.07, 6.45) is 9.28. The summed E-state index contributed by atoms with van der Waals surface area (Å²) >= 11 is 3.28. The SMILES string of the molecule is O=C(N[C@@H](C(=O)N1CCC[C@H]1c1ncc(-c2ccc(-c3ccc(-c4cnc([C@@H]5CCCN5C(=O)Cc5ccccc5)s4)cc3)cc2)s1)c1ccccc1)c1ccco1. The van der Waals surface area contributed by atoms with Crippen LogP contribution < -0.4 is 5.32 Å². The van der Waals surface area contributed by atoms with Crippen LogP contribution in [0, 0.1) is 0 Å². The van der Waals surface area contributed by atoms with Crippen molar-refractivity contribution in [1.29, 1.82) is 0 Å². The molecular formula is C47H41N5O4S2. The molecule has 0 radical (unpaired) electrons. The van der Waals surface area contributed by atoms with Crippen molar-refractivity contribution in [2.75, 3.05) is 13.1 Å². The Labute approximate surface area is 345 Å². The molecule has 2 fully saturated rings. The molecule has 2 saturated heterocycles. The maximum absolute atomic E-state index is 14.2. The quantitative estimate of drug-likeness (QED) is 0.140. The third-order valence-electron chi connectivity index (χ3n) is 11.0. The van der Waals surface area contributed by atoms with Gasteiger partial charge in [-0.25, -0.2) is 9.97 Å². The Balaban J connectivity index is 0.856. The van der Waals surface area contributed by atoms with Gasteiger partial charge in [-0.05, 0) is 71.2 Å². The van der Waals surface area contributed by atoms with Crippen LogP contribution in [-0.4, -0.2) is 50.6 Å². The van der Waals surface area contributed by atoms with Crippen LogP contribution in [0.25, 0.3) is 32.0 Å². The van der Waals surface area contributed by atoms with Gasteiger partial charge in [0.2, 0.25) is 11.8 Å². The van der Waals surface area contributed by atoms with E-state index < -0.39 is 11.9 Å². The van der Waals surface area contributed by atoms with E-state index in [0.717, 1.165) is 79.8 Å². The number of aromatic nitrogens is 2. The normalized spacial score (nSPS) is 17.0. The zero-order valence-corrected chi connectivity index (χ0v) is 33.3. The van der Waals surface area contributed by atoms with Crippen molar-refractivity contribution in [2.45, 2.75) is 50.2 Å². The molecule has 3 atom stereocenters. The Morgan fingerprint density at radius 3 is 1.76 bits per heavy atom. The summed E-state index contributed by atoms with van der Waals surface area (Å²) in [5.74, 6) is -0.283. The maximum Gasteiger partial charge on any atom is 0.287 e. The lowest BCUT2D eigenvalue weighted by atomic mass is 10.0. The number of carbonyl (C=O) groups is 3. The van der Waals surface area contributed by atoms with Crippen LogP contribution in [0.2, 0.25) is 0 Å². The second kappa shape index (κ2) is 16.7. The number of nitrogens with one attached hydrogen (secondary N) is 1. The van der Waals surface area contributed by atoms with Gasteiger partial charge in [-0.2, -0.15) is 0 Å². The van der Waals surface area contributed by atoms with Gasteiger partial charge >= 0.3 is 0 Å². The molecule has 0 spiro atoms. The van der Waals surface area contributed by atoms with Crippen LogP contribution >= 0.6 is 22.7 Å². The van der Waals surface area contributed by atoms with E-state index in [4.69, 9.17) is 14.4 Å². The predicted octanol–water partition coefficient (Wildman–Crippen LogP) is 9.93. The number of rotatable bonds is 11. The van der Waals surface area contributed by atoms with Gasteiger partial charge in [-0.15, -0.1) is 22.7 Å². The Morgan fingerprint density at radius 2 is 1.19 bits per heavy atom. The minimum absolute atomic E-state index is 0.0291. The molecule has 3 aromatic heterocycles. The van der Waals surface area contributed by atoms with Gasteiger partial charge in [0.15, 0.2) is 5.76 Å². The first kappa shape index (κ1) is 37.4. The van der Waals surface area contributed by atoms with Gasteiger partial charge in [0.25, 0.3) is 5.91 Å². The minimum Gasteiger partial charge on any atom is -0.459 e. The van der Waals surface area contributed by atoms with Gasteiger partial charge in [0.1, 0.15) is 16.1 Å². The summed E-state index contributed by atoms with van der Waals surface area (Å²) < 4.78 is 5.31. The summed E-state index contributed by atoms with van der Waals surface area (Å²) in [6, 6.07) is 38.6. The first-order chi connectivity index (χ1) is 28.5. The monoisotopic (exact) mass is 803 g/mol. The zero-order valence-electron chi connectivity index (χ0n) is 31.7. The third-order valence-corrected chi connectivity index (χ3v) is 13.3. The van der Waals surface area contributed by atoms with Gasteiger partial charge in [-0.1, -0.05) is 109 Å². The highest BCUT2D eigenvalue weighted by molar-refractivity contribution is 7.15. The molecular weight excluding hydrogens is 763 g/mol. The number of thiazole rings is 2. The fraction of sp³-hybridized carbons (Fsp3) is 0.213. The van der Waals surface area contributed by atoms with Gasteiger partial charge in [0.05, 0.1) is 34.5 Å². The van der Waals surface area contributed by atoms with E-state index >= 15 is 0 Å². The fourth-order valence-corrected chi connectivity index (χ4v) is 10.1. The number of hydrogen-bond acceptors (Lipinski definition) is 8. The second-order valence-corrected chi connectivity index (χ2v) is 16.8. The lowest BCUT2D eigenvalue weighted by Gasteiger charge is -2.28. The van der Waals surface area contributed by atoms with Gasteiger partial charge in [-0.3, -0.25) is 14.4 Å². The Kier molecular flexibility index (Phi) is 10.8. The molecule has 5 heterocycles. The Hall–Kier alpha value is -6.17. The average molecular weight is 804 g/mol. The Bertz CT molecular complexity index is 2500. The highest BCUT2D eigenvalue weighted by atomic mass is 32.1. The molecule has 58 heavy (non-hydrogen) atoms. The summed E-state index contributed by atoms with van der Waals surface area (Å²) in [7, 11) is 0.